The Balaban J connectivity index is 2.92. The van der Waals surface area contributed by atoms with E-state index in [9.17, 15) is 14.7 Å². The van der Waals surface area contributed by atoms with E-state index in [1.165, 1.54) is 18.2 Å². The van der Waals surface area contributed by atoms with Crippen molar-refractivity contribution < 1.29 is 19.8 Å². The number of carboxylic acids is 1. The van der Waals surface area contributed by atoms with E-state index in [2.05, 4.69) is 5.32 Å². The molecule has 0 heterocycles. The molecule has 1 rings (SSSR count). The van der Waals surface area contributed by atoms with E-state index in [1.54, 1.807) is 0 Å². The number of anilines is 1. The Labute approximate surface area is 111 Å². The number of phenols is 1. The first kappa shape index (κ1) is 15.0. The van der Waals surface area contributed by atoms with E-state index in [0.29, 0.717) is 0 Å². The van der Waals surface area contributed by atoms with Gasteiger partial charge in [-0.1, -0.05) is 20.8 Å². The lowest BCUT2D eigenvalue weighted by molar-refractivity contribution is -0.119. The molecule has 0 fully saturated rings. The van der Waals surface area contributed by atoms with Crippen LogP contribution < -0.4 is 11.1 Å². The van der Waals surface area contributed by atoms with Crippen molar-refractivity contribution in [2.24, 2.45) is 11.1 Å². The summed E-state index contributed by atoms with van der Waals surface area (Å²) in [6.07, 6.45) is 0. The van der Waals surface area contributed by atoms with E-state index >= 15 is 0 Å². The second-order valence-corrected chi connectivity index (χ2v) is 5.37. The van der Waals surface area contributed by atoms with Gasteiger partial charge >= 0.3 is 5.97 Å². The fraction of sp³-hybridized carbons (Fsp3) is 0.385. The van der Waals surface area contributed by atoms with Crippen molar-refractivity contribution >= 4 is 17.6 Å². The van der Waals surface area contributed by atoms with Gasteiger partial charge in [-0.15, -0.1) is 0 Å². The Bertz CT molecular complexity index is 506. The highest BCUT2D eigenvalue weighted by Gasteiger charge is 2.27. The molecule has 0 aromatic heterocycles. The molecule has 0 bridgehead atoms. The van der Waals surface area contributed by atoms with Crippen molar-refractivity contribution in [3.63, 3.8) is 0 Å². The SMILES string of the molecule is CC(C)(C)[C@H](N)C(=O)Nc1ccc(O)c(C(=O)O)c1. The summed E-state index contributed by atoms with van der Waals surface area (Å²) in [5, 5.41) is 20.8. The average molecular weight is 266 g/mol. The van der Waals surface area contributed by atoms with Gasteiger partial charge in [0.05, 0.1) is 6.04 Å². The summed E-state index contributed by atoms with van der Waals surface area (Å²) >= 11 is 0. The maximum Gasteiger partial charge on any atom is 0.339 e. The summed E-state index contributed by atoms with van der Waals surface area (Å²) in [6, 6.07) is 3.08. The number of rotatable bonds is 3. The van der Waals surface area contributed by atoms with Gasteiger partial charge in [-0.25, -0.2) is 4.79 Å². The summed E-state index contributed by atoms with van der Waals surface area (Å²) in [6.45, 7) is 5.49. The zero-order valence-electron chi connectivity index (χ0n) is 11.1. The van der Waals surface area contributed by atoms with Gasteiger partial charge in [0.15, 0.2) is 0 Å². The largest absolute Gasteiger partial charge is 0.507 e. The molecule has 0 aliphatic heterocycles. The Morgan fingerprint density at radius 2 is 1.89 bits per heavy atom. The van der Waals surface area contributed by atoms with Gasteiger partial charge in [0.1, 0.15) is 11.3 Å². The van der Waals surface area contributed by atoms with Crippen molar-refractivity contribution in [3.05, 3.63) is 23.8 Å². The van der Waals surface area contributed by atoms with Crippen molar-refractivity contribution in [2.75, 3.05) is 5.32 Å². The number of hydrogen-bond acceptors (Lipinski definition) is 4. The summed E-state index contributed by atoms with van der Waals surface area (Å²) in [5.74, 6) is -2.03. The molecule has 0 aliphatic carbocycles. The minimum Gasteiger partial charge on any atom is -0.507 e. The summed E-state index contributed by atoms with van der Waals surface area (Å²) in [5.41, 5.74) is 5.39. The lowest BCUT2D eigenvalue weighted by Crippen LogP contribution is -2.45. The summed E-state index contributed by atoms with van der Waals surface area (Å²) < 4.78 is 0. The number of nitrogens with one attached hydrogen (secondary N) is 1. The van der Waals surface area contributed by atoms with E-state index in [0.717, 1.165) is 0 Å². The van der Waals surface area contributed by atoms with Gasteiger partial charge in [0.2, 0.25) is 5.91 Å². The predicted molar refractivity (Wildman–Crippen MR) is 71.1 cm³/mol. The molecule has 0 aliphatic rings. The van der Waals surface area contributed by atoms with Crippen LogP contribution in [0.5, 0.6) is 5.75 Å². The number of carbonyl (C=O) groups is 2. The van der Waals surface area contributed by atoms with Crippen molar-refractivity contribution in [1.29, 1.82) is 0 Å². The van der Waals surface area contributed by atoms with Crippen LogP contribution in [-0.4, -0.2) is 28.1 Å². The standard InChI is InChI=1S/C13H18N2O4/c1-13(2,3)10(14)11(17)15-7-4-5-9(16)8(6-7)12(18)19/h4-6,10,16H,14H2,1-3H3,(H,15,17)(H,18,19)/t10-/m1/s1. The van der Waals surface area contributed by atoms with E-state index < -0.39 is 23.3 Å². The lowest BCUT2D eigenvalue weighted by Gasteiger charge is -2.25. The molecular weight excluding hydrogens is 248 g/mol. The Kier molecular flexibility index (Phi) is 4.16. The fourth-order valence-electron chi connectivity index (χ4n) is 1.40. The smallest absolute Gasteiger partial charge is 0.339 e. The van der Waals surface area contributed by atoms with Crippen LogP contribution in [0.3, 0.4) is 0 Å². The van der Waals surface area contributed by atoms with Crippen LogP contribution in [0, 0.1) is 5.41 Å². The number of aromatic hydroxyl groups is 1. The number of nitrogens with two attached hydrogens (primary N) is 1. The molecule has 19 heavy (non-hydrogen) atoms. The average Bonchev–Trinajstić information content (AvgIpc) is 2.29. The molecule has 1 aromatic rings. The van der Waals surface area contributed by atoms with Crippen LogP contribution in [0.1, 0.15) is 31.1 Å². The van der Waals surface area contributed by atoms with Gasteiger partial charge < -0.3 is 21.3 Å². The fourth-order valence-corrected chi connectivity index (χ4v) is 1.40. The molecule has 1 atom stereocenters. The maximum atomic E-state index is 11.9. The molecule has 0 saturated carbocycles. The minimum absolute atomic E-state index is 0.276. The molecule has 6 heteroatoms. The van der Waals surface area contributed by atoms with Crippen LogP contribution in [0.4, 0.5) is 5.69 Å². The van der Waals surface area contributed by atoms with Crippen LogP contribution in [-0.2, 0) is 4.79 Å². The molecule has 0 unspecified atom stereocenters. The van der Waals surface area contributed by atoms with Gasteiger partial charge in [-0.05, 0) is 23.6 Å². The highest BCUT2D eigenvalue weighted by molar-refractivity contribution is 5.97. The van der Waals surface area contributed by atoms with Crippen molar-refractivity contribution in [1.82, 2.24) is 0 Å². The zero-order chi connectivity index (χ0) is 14.8. The number of benzene rings is 1. The van der Waals surface area contributed by atoms with Crippen LogP contribution >= 0.6 is 0 Å². The van der Waals surface area contributed by atoms with E-state index in [4.69, 9.17) is 10.8 Å². The van der Waals surface area contributed by atoms with Crippen LogP contribution in [0.25, 0.3) is 0 Å². The predicted octanol–water partition coefficient (Wildman–Crippen LogP) is 1.40. The zero-order valence-corrected chi connectivity index (χ0v) is 11.1. The van der Waals surface area contributed by atoms with E-state index in [-0.39, 0.29) is 17.0 Å². The molecule has 0 spiro atoms. The van der Waals surface area contributed by atoms with Gasteiger partial charge in [-0.3, -0.25) is 4.79 Å². The third-order valence-electron chi connectivity index (χ3n) is 2.71. The molecule has 0 radical (unpaired) electrons. The molecular formula is C13H18N2O4. The quantitative estimate of drug-likeness (QED) is 0.618. The van der Waals surface area contributed by atoms with Gasteiger partial charge in [0, 0.05) is 5.69 Å². The second kappa shape index (κ2) is 5.27. The normalized spacial score (nSPS) is 12.8. The van der Waals surface area contributed by atoms with Crippen molar-refractivity contribution in [2.45, 2.75) is 26.8 Å². The molecule has 5 N–H and O–H groups in total. The Morgan fingerprint density at radius 1 is 1.32 bits per heavy atom. The number of amides is 1. The first-order chi connectivity index (χ1) is 8.62. The molecule has 0 saturated heterocycles. The first-order valence-electron chi connectivity index (χ1n) is 5.75. The van der Waals surface area contributed by atoms with Crippen LogP contribution in [0.15, 0.2) is 18.2 Å². The summed E-state index contributed by atoms with van der Waals surface area (Å²) in [7, 11) is 0. The topological polar surface area (TPSA) is 113 Å². The number of carboxylic acid groups (broad SMARTS) is 1. The number of hydrogen-bond donors (Lipinski definition) is 4. The lowest BCUT2D eigenvalue weighted by atomic mass is 9.87. The number of aromatic carboxylic acids is 1. The second-order valence-electron chi connectivity index (χ2n) is 5.37. The Hall–Kier alpha value is -2.08. The highest BCUT2D eigenvalue weighted by atomic mass is 16.4. The molecule has 104 valence electrons. The number of carbonyl (C=O) groups excluding carboxylic acids is 1. The first-order valence-corrected chi connectivity index (χ1v) is 5.75. The monoisotopic (exact) mass is 266 g/mol. The van der Waals surface area contributed by atoms with E-state index in [1.807, 2.05) is 20.8 Å². The highest BCUT2D eigenvalue weighted by Crippen LogP contribution is 2.23. The van der Waals surface area contributed by atoms with Crippen LogP contribution in [0.2, 0.25) is 0 Å². The van der Waals surface area contributed by atoms with Gasteiger partial charge in [0.25, 0.3) is 0 Å². The third kappa shape index (κ3) is 3.69. The maximum absolute atomic E-state index is 11.9. The van der Waals surface area contributed by atoms with Crippen molar-refractivity contribution in [3.8, 4) is 5.75 Å². The molecule has 1 amide bonds. The molecule has 6 nitrogen and oxygen atoms in total. The molecule has 1 aromatic carbocycles. The van der Waals surface area contributed by atoms with Gasteiger partial charge in [-0.2, -0.15) is 0 Å². The third-order valence-corrected chi connectivity index (χ3v) is 2.71. The summed E-state index contributed by atoms with van der Waals surface area (Å²) in [4.78, 5) is 22.7. The minimum atomic E-state index is -1.27. The Morgan fingerprint density at radius 3 is 2.37 bits per heavy atom.